The van der Waals surface area contributed by atoms with Crippen LogP contribution >= 0.6 is 0 Å². The summed E-state index contributed by atoms with van der Waals surface area (Å²) in [5.74, 6) is 0.832. The number of nitro groups is 1. The minimum atomic E-state index is -0.399. The van der Waals surface area contributed by atoms with Gasteiger partial charge in [0.1, 0.15) is 12.4 Å². The van der Waals surface area contributed by atoms with Crippen LogP contribution in [0.4, 0.5) is 5.69 Å². The Morgan fingerprint density at radius 2 is 2.00 bits per heavy atom. The summed E-state index contributed by atoms with van der Waals surface area (Å²) in [4.78, 5) is 10.4. The number of non-ortho nitro benzene ring substituents is 1. The van der Waals surface area contributed by atoms with Gasteiger partial charge >= 0.3 is 0 Å². The van der Waals surface area contributed by atoms with Crippen LogP contribution in [-0.4, -0.2) is 12.0 Å². The fraction of sp³-hybridized carbons (Fsp3) is 0.250. The first-order valence-corrected chi connectivity index (χ1v) is 6.71. The van der Waals surface area contributed by atoms with Gasteiger partial charge in [-0.05, 0) is 25.1 Å². The van der Waals surface area contributed by atoms with Crippen molar-refractivity contribution < 1.29 is 9.66 Å². The number of benzene rings is 2. The predicted octanol–water partition coefficient (Wildman–Crippen LogP) is 3.20. The van der Waals surface area contributed by atoms with Gasteiger partial charge in [0.15, 0.2) is 0 Å². The summed E-state index contributed by atoms with van der Waals surface area (Å²) in [7, 11) is 1.88. The molecule has 0 unspecified atom stereocenters. The topological polar surface area (TPSA) is 64.4 Å². The molecule has 5 nitrogen and oxygen atoms in total. The second-order valence-corrected chi connectivity index (χ2v) is 4.81. The molecule has 0 fully saturated rings. The van der Waals surface area contributed by atoms with Crippen LogP contribution in [0.1, 0.15) is 16.7 Å². The van der Waals surface area contributed by atoms with Gasteiger partial charge in [0.25, 0.3) is 5.69 Å². The van der Waals surface area contributed by atoms with Crippen molar-refractivity contribution in [2.75, 3.05) is 7.05 Å². The van der Waals surface area contributed by atoms with E-state index in [0.29, 0.717) is 13.2 Å². The third-order valence-corrected chi connectivity index (χ3v) is 3.17. The third kappa shape index (κ3) is 3.79. The second-order valence-electron chi connectivity index (χ2n) is 4.81. The predicted molar refractivity (Wildman–Crippen MR) is 81.4 cm³/mol. The first-order chi connectivity index (χ1) is 10.1. The summed E-state index contributed by atoms with van der Waals surface area (Å²) in [5, 5.41) is 13.9. The number of para-hydroxylation sites is 1. The summed E-state index contributed by atoms with van der Waals surface area (Å²) in [6, 6.07) is 12.5. The summed E-state index contributed by atoms with van der Waals surface area (Å²) in [6.07, 6.45) is 0. The number of nitrogens with zero attached hydrogens (tertiary/aromatic N) is 1. The van der Waals surface area contributed by atoms with Crippen LogP contribution in [0.5, 0.6) is 5.75 Å². The fourth-order valence-electron chi connectivity index (χ4n) is 2.16. The largest absolute Gasteiger partial charge is 0.488 e. The highest BCUT2D eigenvalue weighted by Crippen LogP contribution is 2.25. The van der Waals surface area contributed by atoms with Gasteiger partial charge in [-0.15, -0.1) is 0 Å². The van der Waals surface area contributed by atoms with Crippen LogP contribution in [0.2, 0.25) is 0 Å². The smallest absolute Gasteiger partial charge is 0.269 e. The third-order valence-electron chi connectivity index (χ3n) is 3.17. The van der Waals surface area contributed by atoms with E-state index >= 15 is 0 Å². The van der Waals surface area contributed by atoms with Crippen molar-refractivity contribution >= 4 is 5.69 Å². The van der Waals surface area contributed by atoms with Gasteiger partial charge in [0.2, 0.25) is 0 Å². The molecule has 2 aromatic carbocycles. The lowest BCUT2D eigenvalue weighted by molar-refractivity contribution is -0.384. The van der Waals surface area contributed by atoms with Crippen LogP contribution in [0.25, 0.3) is 0 Å². The molecule has 1 N–H and O–H groups in total. The Balaban J connectivity index is 2.16. The lowest BCUT2D eigenvalue weighted by Gasteiger charge is -2.14. The van der Waals surface area contributed by atoms with Gasteiger partial charge in [0, 0.05) is 24.2 Å². The normalized spacial score (nSPS) is 10.4. The van der Waals surface area contributed by atoms with Crippen LogP contribution in [0.15, 0.2) is 42.5 Å². The monoisotopic (exact) mass is 286 g/mol. The Kier molecular flexibility index (Phi) is 4.90. The number of nitrogens with one attached hydrogen (secondary N) is 1. The van der Waals surface area contributed by atoms with Gasteiger partial charge in [-0.3, -0.25) is 10.1 Å². The van der Waals surface area contributed by atoms with E-state index in [1.807, 2.05) is 38.2 Å². The summed E-state index contributed by atoms with van der Waals surface area (Å²) in [6.45, 7) is 3.01. The Morgan fingerprint density at radius 3 is 2.71 bits per heavy atom. The molecule has 2 rings (SSSR count). The molecule has 21 heavy (non-hydrogen) atoms. The number of aryl methyl sites for hydroxylation is 1. The average Bonchev–Trinajstić information content (AvgIpc) is 2.47. The van der Waals surface area contributed by atoms with E-state index in [1.54, 1.807) is 6.07 Å². The molecule has 0 saturated carbocycles. The van der Waals surface area contributed by atoms with Crippen LogP contribution in [0.3, 0.4) is 0 Å². The molecule has 0 bridgehead atoms. The Morgan fingerprint density at radius 1 is 1.24 bits per heavy atom. The van der Waals surface area contributed by atoms with Gasteiger partial charge < -0.3 is 10.1 Å². The number of hydrogen-bond donors (Lipinski definition) is 1. The maximum Gasteiger partial charge on any atom is 0.269 e. The van der Waals surface area contributed by atoms with Gasteiger partial charge in [0.05, 0.1) is 4.92 Å². The molecule has 0 saturated heterocycles. The lowest BCUT2D eigenvalue weighted by atomic mass is 10.1. The van der Waals surface area contributed by atoms with E-state index in [1.165, 1.54) is 12.1 Å². The van der Waals surface area contributed by atoms with Crippen molar-refractivity contribution in [1.82, 2.24) is 5.32 Å². The van der Waals surface area contributed by atoms with Gasteiger partial charge in [-0.2, -0.15) is 0 Å². The molecule has 0 aliphatic carbocycles. The second kappa shape index (κ2) is 6.85. The maximum atomic E-state index is 10.8. The highest BCUT2D eigenvalue weighted by molar-refractivity contribution is 5.41. The molecule has 0 spiro atoms. The Labute approximate surface area is 123 Å². The number of rotatable bonds is 6. The van der Waals surface area contributed by atoms with Gasteiger partial charge in [-0.25, -0.2) is 0 Å². The quantitative estimate of drug-likeness (QED) is 0.654. The minimum absolute atomic E-state index is 0.0799. The van der Waals surface area contributed by atoms with E-state index in [-0.39, 0.29) is 5.69 Å². The van der Waals surface area contributed by atoms with Crippen LogP contribution in [-0.2, 0) is 13.2 Å². The molecule has 0 heterocycles. The zero-order valence-electron chi connectivity index (χ0n) is 12.1. The van der Waals surface area contributed by atoms with Crippen molar-refractivity contribution in [3.05, 3.63) is 69.3 Å². The van der Waals surface area contributed by atoms with Crippen molar-refractivity contribution in [1.29, 1.82) is 0 Å². The summed E-state index contributed by atoms with van der Waals surface area (Å²) >= 11 is 0. The van der Waals surface area contributed by atoms with Crippen molar-refractivity contribution in [3.63, 3.8) is 0 Å². The van der Waals surface area contributed by atoms with E-state index < -0.39 is 4.92 Å². The highest BCUT2D eigenvalue weighted by Gasteiger charge is 2.09. The molecule has 0 amide bonds. The van der Waals surface area contributed by atoms with E-state index in [9.17, 15) is 10.1 Å². The molecule has 0 aliphatic rings. The molecule has 0 atom stereocenters. The van der Waals surface area contributed by atoms with Crippen LogP contribution in [0, 0.1) is 17.0 Å². The average molecular weight is 286 g/mol. The molecular weight excluding hydrogens is 268 g/mol. The van der Waals surface area contributed by atoms with Crippen LogP contribution < -0.4 is 10.1 Å². The lowest BCUT2D eigenvalue weighted by Crippen LogP contribution is -2.08. The summed E-state index contributed by atoms with van der Waals surface area (Å²) in [5.41, 5.74) is 2.98. The SMILES string of the molecule is CNCc1cccc(C)c1OCc1cccc([N+](=O)[O-])c1. The van der Waals surface area contributed by atoms with E-state index in [0.717, 1.165) is 22.4 Å². The molecule has 5 heteroatoms. The molecule has 110 valence electrons. The molecule has 0 radical (unpaired) electrons. The molecule has 0 aromatic heterocycles. The zero-order valence-corrected chi connectivity index (χ0v) is 12.1. The van der Waals surface area contributed by atoms with E-state index in [4.69, 9.17) is 4.74 Å². The standard InChI is InChI=1S/C16H18N2O3/c1-12-5-3-7-14(10-17-2)16(12)21-11-13-6-4-8-15(9-13)18(19)20/h3-9,17H,10-11H2,1-2H3. The van der Waals surface area contributed by atoms with Crippen molar-refractivity contribution in [2.45, 2.75) is 20.1 Å². The van der Waals surface area contributed by atoms with Gasteiger partial charge in [-0.1, -0.05) is 30.3 Å². The Bertz CT molecular complexity index is 641. The molecule has 0 aliphatic heterocycles. The number of hydrogen-bond acceptors (Lipinski definition) is 4. The first kappa shape index (κ1) is 15.0. The number of ether oxygens (including phenoxy) is 1. The van der Waals surface area contributed by atoms with Crippen molar-refractivity contribution in [3.8, 4) is 5.75 Å². The Hall–Kier alpha value is -2.40. The molecule has 2 aromatic rings. The maximum absolute atomic E-state index is 10.8. The fourth-order valence-corrected chi connectivity index (χ4v) is 2.16. The summed E-state index contributed by atoms with van der Waals surface area (Å²) < 4.78 is 5.88. The zero-order chi connectivity index (χ0) is 15.2. The van der Waals surface area contributed by atoms with Crippen molar-refractivity contribution in [2.24, 2.45) is 0 Å². The number of nitro benzene ring substituents is 1. The first-order valence-electron chi connectivity index (χ1n) is 6.71. The molecular formula is C16H18N2O3. The highest BCUT2D eigenvalue weighted by atomic mass is 16.6. The van der Waals surface area contributed by atoms with E-state index in [2.05, 4.69) is 5.32 Å². The minimum Gasteiger partial charge on any atom is -0.488 e.